The molecule has 3 aromatic heterocycles. The van der Waals surface area contributed by atoms with Gasteiger partial charge in [-0.1, -0.05) is 74.3 Å². The standard InChI is InChI=1S/C31H38ClN7O3/c1-2-6-19-11-13-20(14-12-19)18-39-26-25(21-7-5-8-22(32)17-21)33-28(29-36-31(40)42-37-29)34-27(26)35-30(39)38-15-16-41-24-10-4-3-9-23(24)38/h5,7-8,17,19-20,23-24H,2-4,6,9-16,18H2,1H3,(H,36,37,40). The maximum absolute atomic E-state index is 11.8. The number of aromatic nitrogens is 6. The van der Waals surface area contributed by atoms with Gasteiger partial charge in [-0.3, -0.25) is 9.51 Å². The van der Waals surface area contributed by atoms with Crippen LogP contribution in [0.25, 0.3) is 34.1 Å². The lowest BCUT2D eigenvalue weighted by Gasteiger charge is -2.44. The Morgan fingerprint density at radius 3 is 2.67 bits per heavy atom. The second kappa shape index (κ2) is 11.8. The van der Waals surface area contributed by atoms with Crippen molar-refractivity contribution in [2.24, 2.45) is 11.8 Å². The smallest absolute Gasteiger partial charge is 0.374 e. The van der Waals surface area contributed by atoms with Crippen molar-refractivity contribution in [2.45, 2.75) is 89.8 Å². The maximum Gasteiger partial charge on any atom is 0.439 e. The van der Waals surface area contributed by atoms with Crippen molar-refractivity contribution in [3.05, 3.63) is 39.8 Å². The van der Waals surface area contributed by atoms with Crippen molar-refractivity contribution in [2.75, 3.05) is 18.1 Å². The number of ether oxygens (including phenoxy) is 1. The first-order valence-corrected chi connectivity index (χ1v) is 15.9. The Hall–Kier alpha value is -3.24. The molecule has 3 fully saturated rings. The quantitative estimate of drug-likeness (QED) is 0.268. The van der Waals surface area contributed by atoms with Gasteiger partial charge in [-0.15, -0.1) is 0 Å². The number of H-pyrrole nitrogens is 1. The maximum atomic E-state index is 11.8. The van der Waals surface area contributed by atoms with E-state index in [2.05, 4.69) is 26.5 Å². The number of halogens is 1. The normalized spacial score (nSPS) is 24.7. The predicted molar refractivity (Wildman–Crippen MR) is 162 cm³/mol. The number of rotatable bonds is 7. The van der Waals surface area contributed by atoms with Crippen LogP contribution in [0, 0.1) is 11.8 Å². The van der Waals surface area contributed by atoms with Crippen LogP contribution in [0.4, 0.5) is 5.95 Å². The van der Waals surface area contributed by atoms with Gasteiger partial charge in [0.2, 0.25) is 17.6 Å². The van der Waals surface area contributed by atoms with Gasteiger partial charge in [0.15, 0.2) is 5.65 Å². The van der Waals surface area contributed by atoms with Crippen molar-refractivity contribution in [3.8, 4) is 22.9 Å². The molecule has 1 N–H and O–H groups in total. The summed E-state index contributed by atoms with van der Waals surface area (Å²) in [6.45, 7) is 4.62. The molecule has 7 rings (SSSR count). The topological polar surface area (TPSA) is 115 Å². The molecule has 2 unspecified atom stereocenters. The SMILES string of the molecule is CCCC1CCC(Cn2c(N3CCOC4CCCCC43)nc3nc(-c4noc(=O)[nH]4)nc(-c4cccc(Cl)c4)c32)CC1. The summed E-state index contributed by atoms with van der Waals surface area (Å²) in [5, 5.41) is 4.50. The average molecular weight is 592 g/mol. The highest BCUT2D eigenvalue weighted by atomic mass is 35.5. The lowest BCUT2D eigenvalue weighted by atomic mass is 9.80. The Morgan fingerprint density at radius 1 is 1.05 bits per heavy atom. The molecule has 0 spiro atoms. The summed E-state index contributed by atoms with van der Waals surface area (Å²) in [5.74, 6) is 2.11. The number of morpholine rings is 1. The predicted octanol–water partition coefficient (Wildman–Crippen LogP) is 6.24. The van der Waals surface area contributed by atoms with Crippen molar-refractivity contribution in [1.82, 2.24) is 29.7 Å². The monoisotopic (exact) mass is 591 g/mol. The van der Waals surface area contributed by atoms with Crippen LogP contribution >= 0.6 is 11.6 Å². The molecule has 2 atom stereocenters. The van der Waals surface area contributed by atoms with Crippen LogP contribution in [0.5, 0.6) is 0 Å². The van der Waals surface area contributed by atoms with E-state index >= 15 is 0 Å². The Labute approximate surface area is 249 Å². The van der Waals surface area contributed by atoms with E-state index in [0.29, 0.717) is 28.9 Å². The fourth-order valence-corrected chi connectivity index (χ4v) is 7.59. The second-order valence-corrected chi connectivity index (χ2v) is 12.6. The van der Waals surface area contributed by atoms with Crippen molar-refractivity contribution >= 4 is 28.7 Å². The second-order valence-electron chi connectivity index (χ2n) is 12.2. The van der Waals surface area contributed by atoms with Gasteiger partial charge in [0.1, 0.15) is 11.2 Å². The zero-order valence-electron chi connectivity index (χ0n) is 24.1. The van der Waals surface area contributed by atoms with Crippen LogP contribution in [0.2, 0.25) is 5.02 Å². The Balaban J connectivity index is 1.39. The van der Waals surface area contributed by atoms with E-state index in [1.165, 1.54) is 51.4 Å². The molecule has 4 heterocycles. The lowest BCUT2D eigenvalue weighted by Crippen LogP contribution is -2.53. The average Bonchev–Trinajstić information content (AvgIpc) is 3.61. The van der Waals surface area contributed by atoms with E-state index in [9.17, 15) is 4.79 Å². The summed E-state index contributed by atoms with van der Waals surface area (Å²) in [5.41, 5.74) is 3.04. The highest BCUT2D eigenvalue weighted by Gasteiger charge is 2.38. The van der Waals surface area contributed by atoms with Crippen molar-refractivity contribution in [1.29, 1.82) is 0 Å². The first kappa shape index (κ1) is 27.6. The van der Waals surface area contributed by atoms with E-state index in [-0.39, 0.29) is 23.8 Å². The minimum Gasteiger partial charge on any atom is -0.374 e. The number of fused-ring (bicyclic) bond motifs is 2. The van der Waals surface area contributed by atoms with Crippen LogP contribution in [0.15, 0.2) is 33.6 Å². The van der Waals surface area contributed by atoms with E-state index in [1.54, 1.807) is 0 Å². The van der Waals surface area contributed by atoms with Crippen LogP contribution in [0.1, 0.15) is 71.1 Å². The number of anilines is 1. The van der Waals surface area contributed by atoms with Gasteiger partial charge in [0.25, 0.3) is 0 Å². The van der Waals surface area contributed by atoms with Gasteiger partial charge >= 0.3 is 5.76 Å². The zero-order valence-corrected chi connectivity index (χ0v) is 24.9. The summed E-state index contributed by atoms with van der Waals surface area (Å²) in [6.07, 6.45) is 12.4. The molecule has 1 aliphatic heterocycles. The van der Waals surface area contributed by atoms with Crippen LogP contribution < -0.4 is 10.7 Å². The third-order valence-electron chi connectivity index (χ3n) is 9.43. The number of nitrogens with one attached hydrogen (secondary N) is 1. The number of hydrogen-bond donors (Lipinski definition) is 1. The van der Waals surface area contributed by atoms with Gasteiger partial charge in [-0.05, 0) is 49.7 Å². The number of benzene rings is 1. The Kier molecular flexibility index (Phi) is 7.75. The molecule has 11 heteroatoms. The van der Waals surface area contributed by atoms with E-state index in [1.807, 2.05) is 24.3 Å². The third-order valence-corrected chi connectivity index (χ3v) is 9.66. The zero-order chi connectivity index (χ0) is 28.6. The summed E-state index contributed by atoms with van der Waals surface area (Å²) in [4.78, 5) is 31.9. The molecule has 4 aromatic rings. The number of hydrogen-bond acceptors (Lipinski definition) is 8. The van der Waals surface area contributed by atoms with Crippen molar-refractivity contribution in [3.63, 3.8) is 0 Å². The molecular weight excluding hydrogens is 554 g/mol. The lowest BCUT2D eigenvalue weighted by molar-refractivity contribution is -0.00958. The highest BCUT2D eigenvalue weighted by Crippen LogP contribution is 2.39. The van der Waals surface area contributed by atoms with E-state index in [4.69, 9.17) is 35.8 Å². The third kappa shape index (κ3) is 5.35. The van der Waals surface area contributed by atoms with Crippen LogP contribution in [0.3, 0.4) is 0 Å². The number of imidazole rings is 1. The molecule has 0 bridgehead atoms. The minimum atomic E-state index is -0.653. The molecule has 0 radical (unpaired) electrons. The first-order chi connectivity index (χ1) is 20.6. The summed E-state index contributed by atoms with van der Waals surface area (Å²) < 4.78 is 13.4. The highest BCUT2D eigenvalue weighted by molar-refractivity contribution is 6.30. The van der Waals surface area contributed by atoms with Gasteiger partial charge < -0.3 is 14.2 Å². The molecule has 2 saturated carbocycles. The molecule has 0 amide bonds. The molecular formula is C31H38ClN7O3. The molecule has 3 aliphatic rings. The fourth-order valence-electron chi connectivity index (χ4n) is 7.40. The first-order valence-electron chi connectivity index (χ1n) is 15.6. The summed E-state index contributed by atoms with van der Waals surface area (Å²) in [7, 11) is 0. The molecule has 222 valence electrons. The van der Waals surface area contributed by atoms with Gasteiger partial charge in [0, 0.05) is 23.7 Å². The fraction of sp³-hybridized carbons (Fsp3) is 0.581. The van der Waals surface area contributed by atoms with Gasteiger partial charge in [0.05, 0.1) is 18.8 Å². The molecule has 2 aliphatic carbocycles. The molecule has 10 nitrogen and oxygen atoms in total. The number of nitrogens with zero attached hydrogens (tertiary/aromatic N) is 6. The van der Waals surface area contributed by atoms with E-state index < -0.39 is 5.76 Å². The summed E-state index contributed by atoms with van der Waals surface area (Å²) in [6, 6.07) is 7.99. The van der Waals surface area contributed by atoms with Crippen molar-refractivity contribution < 1.29 is 9.26 Å². The molecule has 1 aromatic carbocycles. The summed E-state index contributed by atoms with van der Waals surface area (Å²) >= 11 is 6.48. The van der Waals surface area contributed by atoms with E-state index in [0.717, 1.165) is 48.9 Å². The Morgan fingerprint density at radius 2 is 1.88 bits per heavy atom. The largest absolute Gasteiger partial charge is 0.439 e. The molecule has 42 heavy (non-hydrogen) atoms. The minimum absolute atomic E-state index is 0.175. The van der Waals surface area contributed by atoms with Gasteiger partial charge in [-0.25, -0.2) is 14.8 Å². The van der Waals surface area contributed by atoms with Gasteiger partial charge in [-0.2, -0.15) is 4.98 Å². The Bertz CT molecular complexity index is 1600. The van der Waals surface area contributed by atoms with Crippen LogP contribution in [-0.2, 0) is 11.3 Å². The van der Waals surface area contributed by atoms with Crippen LogP contribution in [-0.4, -0.2) is 55.0 Å². The molecule has 1 saturated heterocycles. The number of aromatic amines is 1.